The number of benzene rings is 1. The first kappa shape index (κ1) is 19.6. The fourth-order valence-electron chi connectivity index (χ4n) is 3.04. The predicted octanol–water partition coefficient (Wildman–Crippen LogP) is 3.36. The Morgan fingerprint density at radius 3 is 2.74 bits per heavy atom. The Kier molecular flexibility index (Phi) is 7.16. The Bertz CT molecular complexity index is 535. The lowest BCUT2D eigenvalue weighted by molar-refractivity contribution is -0.122. The molecule has 0 heterocycles. The predicted molar refractivity (Wildman–Crippen MR) is 94.6 cm³/mol. The molecule has 23 heavy (non-hydrogen) atoms. The molecule has 0 bridgehead atoms. The van der Waals surface area contributed by atoms with Gasteiger partial charge < -0.3 is 20.5 Å². The van der Waals surface area contributed by atoms with Crippen LogP contribution in [0.4, 0.5) is 5.69 Å². The molecule has 1 aromatic rings. The summed E-state index contributed by atoms with van der Waals surface area (Å²) in [7, 11) is 1.58. The average Bonchev–Trinajstić information content (AvgIpc) is 2.48. The van der Waals surface area contributed by atoms with Crippen LogP contribution < -0.4 is 20.5 Å². The zero-order valence-electron chi connectivity index (χ0n) is 14.1. The van der Waals surface area contributed by atoms with Crippen molar-refractivity contribution in [3.05, 3.63) is 18.2 Å². The summed E-state index contributed by atoms with van der Waals surface area (Å²) in [5.41, 5.74) is 6.56. The second-order valence-corrected chi connectivity index (χ2v) is 6.09. The molecule has 130 valence electrons. The molecule has 5 nitrogen and oxygen atoms in total. The third-order valence-corrected chi connectivity index (χ3v) is 4.30. The van der Waals surface area contributed by atoms with Gasteiger partial charge in [0.1, 0.15) is 0 Å². The molecule has 2 rings (SSSR count). The van der Waals surface area contributed by atoms with Gasteiger partial charge in [-0.3, -0.25) is 4.79 Å². The van der Waals surface area contributed by atoms with E-state index in [2.05, 4.69) is 5.32 Å². The van der Waals surface area contributed by atoms with Gasteiger partial charge in [-0.05, 0) is 38.8 Å². The molecule has 1 aliphatic carbocycles. The highest BCUT2D eigenvalue weighted by Crippen LogP contribution is 2.34. The van der Waals surface area contributed by atoms with Gasteiger partial charge in [0.15, 0.2) is 11.5 Å². The minimum Gasteiger partial charge on any atom is -0.493 e. The number of ether oxygens (including phenoxy) is 2. The van der Waals surface area contributed by atoms with Crippen LogP contribution in [0.2, 0.25) is 0 Å². The van der Waals surface area contributed by atoms with Crippen LogP contribution in [0.25, 0.3) is 0 Å². The van der Waals surface area contributed by atoms with Crippen LogP contribution in [0.15, 0.2) is 18.2 Å². The van der Waals surface area contributed by atoms with E-state index in [1.165, 1.54) is 0 Å². The summed E-state index contributed by atoms with van der Waals surface area (Å²) in [5.74, 6) is 1.11. The first-order chi connectivity index (χ1) is 10.5. The lowest BCUT2D eigenvalue weighted by Gasteiger charge is -2.37. The smallest absolute Gasteiger partial charge is 0.229 e. The molecule has 0 aliphatic heterocycles. The summed E-state index contributed by atoms with van der Waals surface area (Å²) in [5, 5.41) is 2.96. The number of carbonyl (C=O) groups excluding carboxylic acids is 1. The molecule has 6 heteroatoms. The molecule has 2 atom stereocenters. The van der Waals surface area contributed by atoms with Crippen LogP contribution in [0.3, 0.4) is 0 Å². The highest BCUT2D eigenvalue weighted by molar-refractivity contribution is 5.93. The van der Waals surface area contributed by atoms with Gasteiger partial charge in [-0.15, -0.1) is 12.4 Å². The quantitative estimate of drug-likeness (QED) is 0.860. The van der Waals surface area contributed by atoms with Crippen molar-refractivity contribution < 1.29 is 14.3 Å². The van der Waals surface area contributed by atoms with Crippen LogP contribution in [0, 0.1) is 5.92 Å². The van der Waals surface area contributed by atoms with Gasteiger partial charge in [0.2, 0.25) is 5.91 Å². The van der Waals surface area contributed by atoms with Gasteiger partial charge in [0.05, 0.1) is 19.6 Å². The number of nitrogens with one attached hydrogen (secondary N) is 1. The molecule has 0 radical (unpaired) electrons. The number of hydrogen-bond acceptors (Lipinski definition) is 4. The number of nitrogens with two attached hydrogens (primary N) is 1. The Morgan fingerprint density at radius 1 is 1.39 bits per heavy atom. The van der Waals surface area contributed by atoms with Crippen molar-refractivity contribution in [1.29, 1.82) is 0 Å². The number of carbonyl (C=O) groups is 1. The SMILES string of the molecule is CCOc1ccc(NC(=O)C2CCCCC2(C)N)cc1OC.Cl. The second kappa shape index (κ2) is 8.41. The number of methoxy groups -OCH3 is 1. The molecular weight excluding hydrogens is 316 g/mol. The van der Waals surface area contributed by atoms with E-state index in [4.69, 9.17) is 15.2 Å². The maximum Gasteiger partial charge on any atom is 0.229 e. The van der Waals surface area contributed by atoms with Crippen LogP contribution in [-0.2, 0) is 4.79 Å². The Morgan fingerprint density at radius 2 is 2.13 bits per heavy atom. The molecule has 1 aromatic carbocycles. The summed E-state index contributed by atoms with van der Waals surface area (Å²) in [6, 6.07) is 5.40. The molecule has 0 aromatic heterocycles. The molecule has 1 aliphatic rings. The van der Waals surface area contributed by atoms with E-state index in [1.807, 2.05) is 19.9 Å². The number of amides is 1. The van der Waals surface area contributed by atoms with E-state index in [0.717, 1.165) is 25.7 Å². The largest absolute Gasteiger partial charge is 0.493 e. The lowest BCUT2D eigenvalue weighted by atomic mass is 9.74. The van der Waals surface area contributed by atoms with Gasteiger partial charge in [0.25, 0.3) is 0 Å². The Hall–Kier alpha value is -1.46. The van der Waals surface area contributed by atoms with E-state index in [-0.39, 0.29) is 24.2 Å². The van der Waals surface area contributed by atoms with Crippen molar-refractivity contribution in [3.63, 3.8) is 0 Å². The summed E-state index contributed by atoms with van der Waals surface area (Å²) >= 11 is 0. The van der Waals surface area contributed by atoms with Crippen molar-refractivity contribution >= 4 is 24.0 Å². The van der Waals surface area contributed by atoms with Gasteiger partial charge in [0, 0.05) is 17.3 Å². The number of hydrogen-bond donors (Lipinski definition) is 2. The molecule has 1 amide bonds. The summed E-state index contributed by atoms with van der Waals surface area (Å²) in [6.07, 6.45) is 3.87. The zero-order chi connectivity index (χ0) is 16.2. The molecular formula is C17H27ClN2O3. The van der Waals surface area contributed by atoms with Crippen molar-refractivity contribution in [2.45, 2.75) is 45.1 Å². The third-order valence-electron chi connectivity index (χ3n) is 4.30. The first-order valence-corrected chi connectivity index (χ1v) is 7.88. The second-order valence-electron chi connectivity index (χ2n) is 6.09. The van der Waals surface area contributed by atoms with Crippen LogP contribution in [0.1, 0.15) is 39.5 Å². The Labute approximate surface area is 144 Å². The monoisotopic (exact) mass is 342 g/mol. The minimum atomic E-state index is -0.433. The number of halogens is 1. The molecule has 0 spiro atoms. The molecule has 1 saturated carbocycles. The topological polar surface area (TPSA) is 73.6 Å². The first-order valence-electron chi connectivity index (χ1n) is 7.88. The van der Waals surface area contributed by atoms with E-state index in [1.54, 1.807) is 19.2 Å². The molecule has 0 saturated heterocycles. The van der Waals surface area contributed by atoms with Gasteiger partial charge in [-0.1, -0.05) is 12.8 Å². The van der Waals surface area contributed by atoms with Gasteiger partial charge >= 0.3 is 0 Å². The maximum atomic E-state index is 12.5. The highest BCUT2D eigenvalue weighted by atomic mass is 35.5. The normalized spacial score (nSPS) is 23.6. The van der Waals surface area contributed by atoms with Gasteiger partial charge in [-0.2, -0.15) is 0 Å². The van der Waals surface area contributed by atoms with Crippen LogP contribution >= 0.6 is 12.4 Å². The standard InChI is InChI=1S/C17H26N2O3.ClH/c1-4-22-14-9-8-12(11-15(14)21-3)19-16(20)13-7-5-6-10-17(13,2)18;/h8-9,11,13H,4-7,10,18H2,1-3H3,(H,19,20);1H. The van der Waals surface area contributed by atoms with E-state index in [9.17, 15) is 4.79 Å². The van der Waals surface area contributed by atoms with Crippen molar-refractivity contribution in [2.24, 2.45) is 11.7 Å². The summed E-state index contributed by atoms with van der Waals surface area (Å²) < 4.78 is 10.8. The van der Waals surface area contributed by atoms with E-state index in [0.29, 0.717) is 23.8 Å². The summed E-state index contributed by atoms with van der Waals surface area (Å²) in [6.45, 7) is 4.45. The van der Waals surface area contributed by atoms with E-state index < -0.39 is 5.54 Å². The average molecular weight is 343 g/mol. The third kappa shape index (κ3) is 4.75. The van der Waals surface area contributed by atoms with Crippen LogP contribution in [0.5, 0.6) is 11.5 Å². The zero-order valence-corrected chi connectivity index (χ0v) is 14.9. The Balaban J connectivity index is 0.00000264. The van der Waals surface area contributed by atoms with Crippen molar-refractivity contribution in [3.8, 4) is 11.5 Å². The summed E-state index contributed by atoms with van der Waals surface area (Å²) in [4.78, 5) is 12.5. The van der Waals surface area contributed by atoms with Crippen LogP contribution in [-0.4, -0.2) is 25.2 Å². The lowest BCUT2D eigenvalue weighted by Crippen LogP contribution is -2.51. The van der Waals surface area contributed by atoms with E-state index >= 15 is 0 Å². The highest BCUT2D eigenvalue weighted by Gasteiger charge is 2.37. The fourth-order valence-corrected chi connectivity index (χ4v) is 3.04. The maximum absolute atomic E-state index is 12.5. The minimum absolute atomic E-state index is 0. The fraction of sp³-hybridized carbons (Fsp3) is 0.588. The number of rotatable bonds is 5. The van der Waals surface area contributed by atoms with Gasteiger partial charge in [-0.25, -0.2) is 0 Å². The van der Waals surface area contributed by atoms with Crippen molar-refractivity contribution in [2.75, 3.05) is 19.0 Å². The number of anilines is 1. The van der Waals surface area contributed by atoms with Crippen molar-refractivity contribution in [1.82, 2.24) is 0 Å². The molecule has 3 N–H and O–H groups in total. The molecule has 2 unspecified atom stereocenters. The molecule has 1 fully saturated rings.